The Morgan fingerprint density at radius 1 is 1.00 bits per heavy atom. The highest BCUT2D eigenvalue weighted by Crippen LogP contribution is 2.25. The molecule has 2 heteroatoms. The predicted octanol–water partition coefficient (Wildman–Crippen LogP) is 3.06. The summed E-state index contributed by atoms with van der Waals surface area (Å²) in [6.45, 7) is 4.91. The van der Waals surface area contributed by atoms with Gasteiger partial charge in [0, 0.05) is 25.3 Å². The highest BCUT2D eigenvalue weighted by atomic mass is 15.1. The molecule has 2 aromatic carbocycles. The maximum Gasteiger partial charge on any atom is 0.0414 e. The first-order chi connectivity index (χ1) is 9.78. The van der Waals surface area contributed by atoms with Gasteiger partial charge in [-0.2, -0.15) is 0 Å². The molecule has 0 saturated carbocycles. The van der Waals surface area contributed by atoms with Crippen LogP contribution in [0.15, 0.2) is 42.5 Å². The summed E-state index contributed by atoms with van der Waals surface area (Å²) in [6.07, 6.45) is 2.24. The van der Waals surface area contributed by atoms with Crippen LogP contribution in [0.2, 0.25) is 0 Å². The van der Waals surface area contributed by atoms with Gasteiger partial charge >= 0.3 is 0 Å². The van der Waals surface area contributed by atoms with Crippen molar-refractivity contribution in [3.8, 4) is 0 Å². The van der Waals surface area contributed by atoms with Crippen molar-refractivity contribution in [2.75, 3.05) is 18.0 Å². The van der Waals surface area contributed by atoms with Gasteiger partial charge in [-0.1, -0.05) is 36.4 Å². The maximum absolute atomic E-state index is 5.90. The molecule has 0 bridgehead atoms. The second-order valence-electron chi connectivity index (χ2n) is 5.59. The van der Waals surface area contributed by atoms with Crippen LogP contribution in [-0.4, -0.2) is 13.1 Å². The molecular weight excluding hydrogens is 244 g/mol. The van der Waals surface area contributed by atoms with E-state index in [-0.39, 0.29) is 0 Å². The molecule has 0 spiro atoms. The monoisotopic (exact) mass is 266 g/mol. The number of nitrogens with zero attached hydrogens (tertiary/aromatic N) is 1. The summed E-state index contributed by atoms with van der Waals surface area (Å²) in [4.78, 5) is 2.50. The van der Waals surface area contributed by atoms with Crippen molar-refractivity contribution in [3.63, 3.8) is 0 Å². The number of anilines is 1. The van der Waals surface area contributed by atoms with E-state index in [2.05, 4.69) is 54.3 Å². The minimum Gasteiger partial charge on any atom is -0.371 e. The smallest absolute Gasteiger partial charge is 0.0414 e. The van der Waals surface area contributed by atoms with Gasteiger partial charge in [0.15, 0.2) is 0 Å². The number of aryl methyl sites for hydroxylation is 1. The Labute approximate surface area is 121 Å². The number of fused-ring (bicyclic) bond motifs is 1. The van der Waals surface area contributed by atoms with E-state index >= 15 is 0 Å². The molecule has 0 fully saturated rings. The Morgan fingerprint density at radius 3 is 2.25 bits per heavy atom. The van der Waals surface area contributed by atoms with Crippen molar-refractivity contribution in [1.82, 2.24) is 0 Å². The highest BCUT2D eigenvalue weighted by molar-refractivity contribution is 5.56. The first kappa shape index (κ1) is 13.2. The number of hydrogen-bond acceptors (Lipinski definition) is 2. The van der Waals surface area contributed by atoms with Gasteiger partial charge in [0.05, 0.1) is 0 Å². The van der Waals surface area contributed by atoms with Crippen molar-refractivity contribution in [1.29, 1.82) is 0 Å². The van der Waals surface area contributed by atoms with Gasteiger partial charge in [0.25, 0.3) is 0 Å². The van der Waals surface area contributed by atoms with E-state index in [1.807, 2.05) is 0 Å². The van der Waals surface area contributed by atoms with Crippen LogP contribution in [-0.2, 0) is 19.4 Å². The first-order valence-electron chi connectivity index (χ1n) is 7.39. The summed E-state index contributed by atoms with van der Waals surface area (Å²) in [5, 5.41) is 0. The minimum absolute atomic E-state index is 0.610. The highest BCUT2D eigenvalue weighted by Gasteiger charge is 2.16. The average Bonchev–Trinajstić information content (AvgIpc) is 2.70. The molecule has 0 amide bonds. The molecule has 0 saturated heterocycles. The van der Waals surface area contributed by atoms with Gasteiger partial charge in [-0.3, -0.25) is 0 Å². The Hall–Kier alpha value is -1.80. The number of nitrogens with two attached hydrogens (primary N) is 1. The molecule has 2 nitrogen and oxygen atoms in total. The zero-order valence-electron chi connectivity index (χ0n) is 12.1. The van der Waals surface area contributed by atoms with Gasteiger partial charge in [0.2, 0.25) is 0 Å². The molecule has 3 rings (SSSR count). The third kappa shape index (κ3) is 2.56. The summed E-state index contributed by atoms with van der Waals surface area (Å²) in [6, 6.07) is 15.4. The Bertz CT molecular complexity index is 577. The van der Waals surface area contributed by atoms with Crippen LogP contribution < -0.4 is 10.6 Å². The fourth-order valence-electron chi connectivity index (χ4n) is 3.05. The molecule has 0 aliphatic carbocycles. The summed E-state index contributed by atoms with van der Waals surface area (Å²) in [5.74, 6) is 0. The normalized spacial score (nSPS) is 14.8. The lowest BCUT2D eigenvalue weighted by Crippen LogP contribution is -2.27. The third-order valence-corrected chi connectivity index (χ3v) is 4.22. The lowest BCUT2D eigenvalue weighted by atomic mass is 10.0. The second kappa shape index (κ2) is 5.68. The third-order valence-electron chi connectivity index (χ3n) is 4.22. The topological polar surface area (TPSA) is 29.3 Å². The molecular formula is C18H22N2. The van der Waals surface area contributed by atoms with Crippen LogP contribution in [0, 0.1) is 6.92 Å². The van der Waals surface area contributed by atoms with E-state index in [0.717, 1.165) is 25.9 Å². The van der Waals surface area contributed by atoms with E-state index in [0.29, 0.717) is 6.54 Å². The van der Waals surface area contributed by atoms with Gasteiger partial charge in [-0.05, 0) is 48.1 Å². The molecule has 1 aliphatic rings. The van der Waals surface area contributed by atoms with Gasteiger partial charge < -0.3 is 10.6 Å². The molecule has 2 N–H and O–H groups in total. The van der Waals surface area contributed by atoms with E-state index in [4.69, 9.17) is 5.73 Å². The van der Waals surface area contributed by atoms with Crippen molar-refractivity contribution < 1.29 is 0 Å². The van der Waals surface area contributed by atoms with E-state index < -0.39 is 0 Å². The van der Waals surface area contributed by atoms with Crippen molar-refractivity contribution >= 4 is 5.69 Å². The molecule has 0 atom stereocenters. The number of hydrogen-bond donors (Lipinski definition) is 1. The average molecular weight is 266 g/mol. The summed E-state index contributed by atoms with van der Waals surface area (Å²) in [7, 11) is 0. The predicted molar refractivity (Wildman–Crippen MR) is 85.1 cm³/mol. The lowest BCUT2D eigenvalue weighted by Gasteiger charge is -2.25. The van der Waals surface area contributed by atoms with E-state index in [1.165, 1.54) is 27.9 Å². The molecule has 0 unspecified atom stereocenters. The second-order valence-corrected chi connectivity index (χ2v) is 5.59. The van der Waals surface area contributed by atoms with Crippen LogP contribution in [0.3, 0.4) is 0 Å². The quantitative estimate of drug-likeness (QED) is 0.905. The zero-order chi connectivity index (χ0) is 13.9. The number of benzene rings is 2. The largest absolute Gasteiger partial charge is 0.371 e. The van der Waals surface area contributed by atoms with Crippen LogP contribution in [0.25, 0.3) is 0 Å². The van der Waals surface area contributed by atoms with Gasteiger partial charge in [-0.15, -0.1) is 0 Å². The van der Waals surface area contributed by atoms with E-state index in [1.54, 1.807) is 0 Å². The fraction of sp³-hybridized carbons (Fsp3) is 0.333. The first-order valence-corrected chi connectivity index (χ1v) is 7.39. The molecule has 0 radical (unpaired) electrons. The lowest BCUT2D eigenvalue weighted by molar-refractivity contribution is 0.797. The van der Waals surface area contributed by atoms with E-state index in [9.17, 15) is 0 Å². The summed E-state index contributed by atoms with van der Waals surface area (Å²) < 4.78 is 0. The van der Waals surface area contributed by atoms with Crippen LogP contribution in [0.5, 0.6) is 0 Å². The molecule has 20 heavy (non-hydrogen) atoms. The van der Waals surface area contributed by atoms with Crippen LogP contribution in [0.1, 0.15) is 22.3 Å². The van der Waals surface area contributed by atoms with Crippen LogP contribution in [0.4, 0.5) is 5.69 Å². The number of rotatable bonds is 2. The zero-order valence-corrected chi connectivity index (χ0v) is 12.1. The van der Waals surface area contributed by atoms with Crippen molar-refractivity contribution in [2.45, 2.75) is 26.3 Å². The molecule has 1 heterocycles. The van der Waals surface area contributed by atoms with Crippen molar-refractivity contribution in [3.05, 3.63) is 64.7 Å². The van der Waals surface area contributed by atoms with Crippen LogP contribution >= 0.6 is 0 Å². The minimum atomic E-state index is 0.610. The molecule has 2 aromatic rings. The fourth-order valence-corrected chi connectivity index (χ4v) is 3.05. The maximum atomic E-state index is 5.90. The molecule has 0 aromatic heterocycles. The standard InChI is InChI=1S/C18H22N2/c1-14-6-7-17(13-19)18(12-14)20-10-8-15-4-2-3-5-16(15)9-11-20/h2-7,12H,8-11,13,19H2,1H3. The van der Waals surface area contributed by atoms with Crippen molar-refractivity contribution in [2.24, 2.45) is 5.73 Å². The summed E-state index contributed by atoms with van der Waals surface area (Å²) >= 11 is 0. The Morgan fingerprint density at radius 2 is 1.65 bits per heavy atom. The SMILES string of the molecule is Cc1ccc(CN)c(N2CCc3ccccc3CC2)c1. The van der Waals surface area contributed by atoms with Gasteiger partial charge in [-0.25, -0.2) is 0 Å². The Kier molecular flexibility index (Phi) is 3.75. The van der Waals surface area contributed by atoms with Gasteiger partial charge in [0.1, 0.15) is 0 Å². The molecule has 1 aliphatic heterocycles. The summed E-state index contributed by atoms with van der Waals surface area (Å²) in [5.41, 5.74) is 12.8. The Balaban J connectivity index is 1.88. The molecule has 104 valence electrons.